The predicted molar refractivity (Wildman–Crippen MR) is 56.3 cm³/mol. The molecule has 0 aromatic carbocycles. The molecule has 2 bridgehead atoms. The standard InChI is InChI=1S/C11H17NO5/c1-15-10(14)12-7-4-9(13)8(12)6-11(5-7)16-2-3-17-11/h7-9,13H,2-6H2,1H3. The fourth-order valence-corrected chi connectivity index (χ4v) is 3.31. The van der Waals surface area contributed by atoms with Gasteiger partial charge in [-0.25, -0.2) is 4.79 Å². The highest BCUT2D eigenvalue weighted by molar-refractivity contribution is 5.69. The van der Waals surface area contributed by atoms with E-state index in [1.165, 1.54) is 7.11 Å². The highest BCUT2D eigenvalue weighted by atomic mass is 16.7. The van der Waals surface area contributed by atoms with Crippen LogP contribution in [-0.4, -0.2) is 60.4 Å². The number of rotatable bonds is 0. The van der Waals surface area contributed by atoms with Crippen LogP contribution < -0.4 is 0 Å². The van der Waals surface area contributed by atoms with Crippen LogP contribution in [0.4, 0.5) is 4.79 Å². The van der Waals surface area contributed by atoms with Crippen molar-refractivity contribution in [3.05, 3.63) is 0 Å². The van der Waals surface area contributed by atoms with Crippen LogP contribution in [0.2, 0.25) is 0 Å². The van der Waals surface area contributed by atoms with Crippen molar-refractivity contribution in [2.24, 2.45) is 0 Å². The van der Waals surface area contributed by atoms with Gasteiger partial charge in [0.2, 0.25) is 0 Å². The van der Waals surface area contributed by atoms with Gasteiger partial charge in [-0.2, -0.15) is 0 Å². The van der Waals surface area contributed by atoms with Gasteiger partial charge in [0.1, 0.15) is 0 Å². The highest BCUT2D eigenvalue weighted by Gasteiger charge is 2.56. The third-order valence-electron chi connectivity index (χ3n) is 3.97. The molecule has 3 unspecified atom stereocenters. The molecule has 0 aromatic rings. The van der Waals surface area contributed by atoms with Gasteiger partial charge in [0.25, 0.3) is 0 Å². The number of aliphatic hydroxyl groups is 1. The summed E-state index contributed by atoms with van der Waals surface area (Å²) in [7, 11) is 1.36. The Morgan fingerprint density at radius 1 is 1.41 bits per heavy atom. The van der Waals surface area contributed by atoms with Crippen molar-refractivity contribution in [1.29, 1.82) is 0 Å². The predicted octanol–water partition coefficient (Wildman–Crippen LogP) is 0.0935. The van der Waals surface area contributed by atoms with Crippen LogP contribution in [0, 0.1) is 0 Å². The Hall–Kier alpha value is -0.850. The van der Waals surface area contributed by atoms with Crippen molar-refractivity contribution in [2.45, 2.75) is 43.2 Å². The molecule has 1 spiro atoms. The minimum Gasteiger partial charge on any atom is -0.453 e. The second kappa shape index (κ2) is 3.83. The molecule has 1 N–H and O–H groups in total. The summed E-state index contributed by atoms with van der Waals surface area (Å²) in [5, 5.41) is 10.00. The lowest BCUT2D eigenvalue weighted by Crippen LogP contribution is -2.55. The maximum absolute atomic E-state index is 11.7. The van der Waals surface area contributed by atoms with E-state index >= 15 is 0 Å². The van der Waals surface area contributed by atoms with Crippen molar-refractivity contribution in [1.82, 2.24) is 4.90 Å². The van der Waals surface area contributed by atoms with E-state index in [0.717, 1.165) is 0 Å². The molecular formula is C11H17NO5. The first-order chi connectivity index (χ1) is 8.15. The normalized spacial score (nSPS) is 38.7. The van der Waals surface area contributed by atoms with Crippen molar-refractivity contribution in [3.63, 3.8) is 0 Å². The summed E-state index contributed by atoms with van der Waals surface area (Å²) in [5.41, 5.74) is 0. The minimum absolute atomic E-state index is 0.0469. The third-order valence-corrected chi connectivity index (χ3v) is 3.97. The van der Waals surface area contributed by atoms with Gasteiger partial charge in [-0.05, 0) is 6.42 Å². The third kappa shape index (κ3) is 1.63. The number of nitrogens with zero attached hydrogens (tertiary/aromatic N) is 1. The van der Waals surface area contributed by atoms with Crippen LogP contribution in [0.5, 0.6) is 0 Å². The first kappa shape index (κ1) is 11.3. The van der Waals surface area contributed by atoms with E-state index in [0.29, 0.717) is 32.5 Å². The number of aliphatic hydroxyl groups excluding tert-OH is 1. The number of hydrogen-bond donors (Lipinski definition) is 1. The van der Waals surface area contributed by atoms with Crippen LogP contribution in [0.1, 0.15) is 19.3 Å². The Morgan fingerprint density at radius 2 is 2.12 bits per heavy atom. The number of methoxy groups -OCH3 is 1. The molecule has 3 atom stereocenters. The van der Waals surface area contributed by atoms with Gasteiger partial charge in [0, 0.05) is 18.9 Å². The Labute approximate surface area is 99.4 Å². The summed E-state index contributed by atoms with van der Waals surface area (Å²) in [6.45, 7) is 1.18. The number of carbonyl (C=O) groups is 1. The summed E-state index contributed by atoms with van der Waals surface area (Å²) < 4.78 is 16.1. The van der Waals surface area contributed by atoms with E-state index in [9.17, 15) is 9.90 Å². The molecule has 17 heavy (non-hydrogen) atoms. The van der Waals surface area contributed by atoms with Gasteiger partial charge >= 0.3 is 6.09 Å². The summed E-state index contributed by atoms with van der Waals surface area (Å²) in [5.74, 6) is -0.586. The molecular weight excluding hydrogens is 226 g/mol. The molecule has 3 heterocycles. The Morgan fingerprint density at radius 3 is 2.71 bits per heavy atom. The molecule has 3 fully saturated rings. The molecule has 0 saturated carbocycles. The van der Waals surface area contributed by atoms with Gasteiger partial charge in [-0.3, -0.25) is 4.90 Å². The fraction of sp³-hybridized carbons (Fsp3) is 0.909. The molecule has 0 aromatic heterocycles. The number of piperidine rings is 1. The van der Waals surface area contributed by atoms with Gasteiger partial charge < -0.3 is 19.3 Å². The van der Waals surface area contributed by atoms with Crippen molar-refractivity contribution in [2.75, 3.05) is 20.3 Å². The molecule has 0 radical (unpaired) electrons. The second-order valence-electron chi connectivity index (χ2n) is 4.92. The summed E-state index contributed by atoms with van der Waals surface area (Å²) in [6.07, 6.45) is 0.847. The number of ether oxygens (including phenoxy) is 3. The smallest absolute Gasteiger partial charge is 0.410 e. The zero-order chi connectivity index (χ0) is 12.0. The average Bonchev–Trinajstić information content (AvgIpc) is 2.82. The van der Waals surface area contributed by atoms with Crippen molar-refractivity contribution >= 4 is 6.09 Å². The zero-order valence-electron chi connectivity index (χ0n) is 9.80. The molecule has 1 amide bonds. The van der Waals surface area contributed by atoms with Gasteiger partial charge in [0.15, 0.2) is 5.79 Å². The van der Waals surface area contributed by atoms with Gasteiger partial charge in [0.05, 0.1) is 32.5 Å². The molecule has 3 aliphatic heterocycles. The molecule has 3 rings (SSSR count). The lowest BCUT2D eigenvalue weighted by atomic mass is 9.96. The lowest BCUT2D eigenvalue weighted by molar-refractivity contribution is -0.198. The largest absolute Gasteiger partial charge is 0.453 e. The monoisotopic (exact) mass is 243 g/mol. The van der Waals surface area contributed by atoms with E-state index in [1.807, 2.05) is 0 Å². The molecule has 6 nitrogen and oxygen atoms in total. The first-order valence-corrected chi connectivity index (χ1v) is 5.97. The lowest BCUT2D eigenvalue weighted by Gasteiger charge is -2.42. The molecule has 96 valence electrons. The minimum atomic E-state index is -0.586. The maximum atomic E-state index is 11.7. The topological polar surface area (TPSA) is 68.2 Å². The van der Waals surface area contributed by atoms with Gasteiger partial charge in [-0.1, -0.05) is 0 Å². The SMILES string of the molecule is COC(=O)N1C2CC(O)C1CC1(C2)OCCO1. The highest BCUT2D eigenvalue weighted by Crippen LogP contribution is 2.45. The molecule has 0 aliphatic carbocycles. The fourth-order valence-electron chi connectivity index (χ4n) is 3.31. The Bertz CT molecular complexity index is 328. The van der Waals surface area contributed by atoms with Crippen LogP contribution in [-0.2, 0) is 14.2 Å². The molecule has 3 aliphatic rings. The number of amides is 1. The first-order valence-electron chi connectivity index (χ1n) is 5.97. The zero-order valence-corrected chi connectivity index (χ0v) is 9.80. The Balaban J connectivity index is 1.83. The van der Waals surface area contributed by atoms with E-state index < -0.39 is 11.9 Å². The Kier molecular flexibility index (Phi) is 2.53. The van der Waals surface area contributed by atoms with Crippen LogP contribution in [0.15, 0.2) is 0 Å². The van der Waals surface area contributed by atoms with Gasteiger partial charge in [-0.15, -0.1) is 0 Å². The van der Waals surface area contributed by atoms with E-state index in [1.54, 1.807) is 4.90 Å². The summed E-state index contributed by atoms with van der Waals surface area (Å²) in [6, 6.07) is -0.298. The van der Waals surface area contributed by atoms with Crippen molar-refractivity contribution in [3.8, 4) is 0 Å². The van der Waals surface area contributed by atoms with Crippen LogP contribution in [0.3, 0.4) is 0 Å². The molecule has 3 saturated heterocycles. The summed E-state index contributed by atoms with van der Waals surface area (Å²) >= 11 is 0. The van der Waals surface area contributed by atoms with Crippen molar-refractivity contribution < 1.29 is 24.1 Å². The quantitative estimate of drug-likeness (QED) is 0.653. The van der Waals surface area contributed by atoms with Crippen LogP contribution >= 0.6 is 0 Å². The summed E-state index contributed by atoms with van der Waals surface area (Å²) in [4.78, 5) is 13.3. The maximum Gasteiger partial charge on any atom is 0.410 e. The molecule has 6 heteroatoms. The van der Waals surface area contributed by atoms with E-state index in [4.69, 9.17) is 14.2 Å². The average molecular weight is 243 g/mol. The van der Waals surface area contributed by atoms with Crippen LogP contribution in [0.25, 0.3) is 0 Å². The number of hydrogen-bond acceptors (Lipinski definition) is 5. The number of carbonyl (C=O) groups excluding carboxylic acids is 1. The van der Waals surface area contributed by atoms with E-state index in [-0.39, 0.29) is 18.2 Å². The number of fused-ring (bicyclic) bond motifs is 2. The second-order valence-corrected chi connectivity index (χ2v) is 4.92. The van der Waals surface area contributed by atoms with E-state index in [2.05, 4.69) is 0 Å².